The summed E-state index contributed by atoms with van der Waals surface area (Å²) in [7, 11) is 0. The number of aliphatic hydroxyl groups excluding tert-OH is 3. The molecule has 0 radical (unpaired) electrons. The highest BCUT2D eigenvalue weighted by molar-refractivity contribution is 5.73. The lowest BCUT2D eigenvalue weighted by Crippen LogP contribution is -2.60. The predicted octanol–water partition coefficient (Wildman–Crippen LogP) is 11.0. The van der Waals surface area contributed by atoms with Crippen molar-refractivity contribution in [3.8, 4) is 0 Å². The quantitative estimate of drug-likeness (QED) is 0.0262. The average molecular weight is 853 g/mol. The molecule has 0 amide bonds. The van der Waals surface area contributed by atoms with E-state index in [2.05, 4.69) is 38.2 Å². The van der Waals surface area contributed by atoms with Gasteiger partial charge in [0, 0.05) is 12.8 Å². The monoisotopic (exact) mass is 853 g/mol. The summed E-state index contributed by atoms with van der Waals surface area (Å²) < 4.78 is 21.8. The van der Waals surface area contributed by atoms with Crippen molar-refractivity contribution in [2.45, 2.75) is 256 Å². The van der Waals surface area contributed by atoms with Crippen LogP contribution in [0.2, 0.25) is 0 Å². The maximum Gasteiger partial charge on any atom is 0.335 e. The summed E-state index contributed by atoms with van der Waals surface area (Å²) >= 11 is 0. The van der Waals surface area contributed by atoms with E-state index in [4.69, 9.17) is 18.9 Å². The van der Waals surface area contributed by atoms with Gasteiger partial charge in [0.15, 0.2) is 18.5 Å². The third-order valence-corrected chi connectivity index (χ3v) is 11.3. The normalized spacial score (nSPS) is 19.9. The fourth-order valence-corrected chi connectivity index (χ4v) is 7.44. The van der Waals surface area contributed by atoms with Crippen molar-refractivity contribution in [1.82, 2.24) is 0 Å². The molecule has 1 rings (SSSR count). The Kier molecular flexibility index (Phi) is 36.7. The Hall–Kier alpha value is -2.31. The molecule has 1 saturated heterocycles. The van der Waals surface area contributed by atoms with Crippen molar-refractivity contribution >= 4 is 17.9 Å². The SMILES string of the molecule is CCCCC/C=C\C/C=C\CCCCCCCC(=O)OCC(COC1OC(C(=O)O)C(O)C(O)C1O)OC(=O)CCCCCCCCCCCCCCCCCCCCC. The predicted molar refractivity (Wildman–Crippen MR) is 238 cm³/mol. The molecule has 0 spiro atoms. The van der Waals surface area contributed by atoms with Gasteiger partial charge in [-0.15, -0.1) is 0 Å². The molecule has 1 aliphatic heterocycles. The van der Waals surface area contributed by atoms with Crippen molar-refractivity contribution in [2.75, 3.05) is 13.2 Å². The van der Waals surface area contributed by atoms with E-state index in [9.17, 15) is 34.8 Å². The molecule has 1 fully saturated rings. The number of allylic oxidation sites excluding steroid dienone is 4. The van der Waals surface area contributed by atoms with E-state index in [-0.39, 0.29) is 19.4 Å². The van der Waals surface area contributed by atoms with Gasteiger partial charge < -0.3 is 39.4 Å². The van der Waals surface area contributed by atoms with Gasteiger partial charge in [0.25, 0.3) is 0 Å². The minimum absolute atomic E-state index is 0.184. The number of rotatable bonds is 41. The smallest absolute Gasteiger partial charge is 0.335 e. The molecular weight excluding hydrogens is 765 g/mol. The Balaban J connectivity index is 2.32. The lowest BCUT2D eigenvalue weighted by Gasteiger charge is -2.38. The third-order valence-electron chi connectivity index (χ3n) is 11.3. The third kappa shape index (κ3) is 30.7. The molecule has 11 nitrogen and oxygen atoms in total. The molecular formula is C49H88O11. The minimum Gasteiger partial charge on any atom is -0.479 e. The van der Waals surface area contributed by atoms with Crippen LogP contribution in [0, 0.1) is 0 Å². The first-order chi connectivity index (χ1) is 29.2. The zero-order valence-corrected chi connectivity index (χ0v) is 38.0. The number of hydrogen-bond donors (Lipinski definition) is 4. The molecule has 11 heteroatoms. The summed E-state index contributed by atoms with van der Waals surface area (Å²) in [5.41, 5.74) is 0. The van der Waals surface area contributed by atoms with Crippen molar-refractivity contribution < 1.29 is 53.8 Å². The molecule has 0 bridgehead atoms. The Labute approximate surface area is 364 Å². The standard InChI is InChI=1S/C49H88O11/c1-3-5-7-9-11-13-15-17-19-20-21-22-24-26-28-30-32-34-36-38-43(51)59-41(40-58-49-46(54)44(52)45(53)47(60-49)48(55)56)39-57-42(50)37-35-33-31-29-27-25-23-18-16-14-12-10-8-6-4-2/h12,14,18,23,41,44-47,49,52-54H,3-11,13,15-17,19-22,24-40H2,1-2H3,(H,55,56)/b14-12-,23-18-. The molecule has 350 valence electrons. The van der Waals surface area contributed by atoms with E-state index in [1.54, 1.807) is 0 Å². The van der Waals surface area contributed by atoms with Crippen LogP contribution in [-0.4, -0.2) is 88.4 Å². The fraction of sp³-hybridized carbons (Fsp3) is 0.857. The van der Waals surface area contributed by atoms with Crippen LogP contribution in [0.3, 0.4) is 0 Å². The first-order valence-corrected chi connectivity index (χ1v) is 24.4. The van der Waals surface area contributed by atoms with Crippen molar-refractivity contribution in [1.29, 1.82) is 0 Å². The zero-order chi connectivity index (χ0) is 43.9. The van der Waals surface area contributed by atoms with E-state index in [1.807, 2.05) is 0 Å². The van der Waals surface area contributed by atoms with E-state index in [1.165, 1.54) is 116 Å². The van der Waals surface area contributed by atoms with Crippen LogP contribution < -0.4 is 0 Å². The Morgan fingerprint density at radius 2 is 0.933 bits per heavy atom. The highest BCUT2D eigenvalue weighted by Gasteiger charge is 2.47. The maximum atomic E-state index is 12.8. The van der Waals surface area contributed by atoms with Crippen molar-refractivity contribution in [3.05, 3.63) is 24.3 Å². The van der Waals surface area contributed by atoms with Gasteiger partial charge in [-0.1, -0.05) is 186 Å². The molecule has 0 aliphatic carbocycles. The van der Waals surface area contributed by atoms with Gasteiger partial charge >= 0.3 is 17.9 Å². The van der Waals surface area contributed by atoms with E-state index in [0.29, 0.717) is 12.8 Å². The number of carbonyl (C=O) groups excluding carboxylic acids is 2. The Bertz CT molecular complexity index is 1100. The number of esters is 2. The lowest BCUT2D eigenvalue weighted by atomic mass is 9.99. The fourth-order valence-electron chi connectivity index (χ4n) is 7.44. The number of aliphatic carboxylic acids is 1. The van der Waals surface area contributed by atoms with Gasteiger partial charge in [0.1, 0.15) is 24.9 Å². The first-order valence-electron chi connectivity index (χ1n) is 24.4. The van der Waals surface area contributed by atoms with Crippen molar-refractivity contribution in [3.63, 3.8) is 0 Å². The van der Waals surface area contributed by atoms with Crippen LogP contribution in [0.1, 0.15) is 219 Å². The second-order valence-electron chi connectivity index (χ2n) is 17.0. The summed E-state index contributed by atoms with van der Waals surface area (Å²) in [6.45, 7) is 3.80. The Morgan fingerprint density at radius 1 is 0.517 bits per heavy atom. The largest absolute Gasteiger partial charge is 0.479 e. The van der Waals surface area contributed by atoms with Gasteiger partial charge in [0.05, 0.1) is 6.61 Å². The van der Waals surface area contributed by atoms with Gasteiger partial charge in [-0.25, -0.2) is 4.79 Å². The molecule has 1 heterocycles. The Morgan fingerprint density at radius 3 is 1.42 bits per heavy atom. The molecule has 60 heavy (non-hydrogen) atoms. The topological polar surface area (TPSA) is 169 Å². The number of carboxylic acids is 1. The zero-order valence-electron chi connectivity index (χ0n) is 38.0. The van der Waals surface area contributed by atoms with Gasteiger partial charge in [-0.2, -0.15) is 0 Å². The first kappa shape index (κ1) is 55.7. The summed E-state index contributed by atoms with van der Waals surface area (Å²) in [6.07, 6.45) is 35.1. The molecule has 6 unspecified atom stereocenters. The van der Waals surface area contributed by atoms with E-state index in [0.717, 1.165) is 64.2 Å². The highest BCUT2D eigenvalue weighted by atomic mass is 16.7. The summed E-state index contributed by atoms with van der Waals surface area (Å²) in [6, 6.07) is 0. The number of unbranched alkanes of at least 4 members (excludes halogenated alkanes) is 26. The second-order valence-corrected chi connectivity index (χ2v) is 17.0. The minimum atomic E-state index is -1.86. The highest BCUT2D eigenvalue weighted by Crippen LogP contribution is 2.23. The number of carbonyl (C=O) groups is 3. The van der Waals surface area contributed by atoms with E-state index >= 15 is 0 Å². The average Bonchev–Trinajstić information content (AvgIpc) is 3.23. The number of hydrogen-bond acceptors (Lipinski definition) is 10. The van der Waals surface area contributed by atoms with Crippen LogP contribution >= 0.6 is 0 Å². The van der Waals surface area contributed by atoms with Crippen LogP contribution in [-0.2, 0) is 33.3 Å². The molecule has 6 atom stereocenters. The van der Waals surface area contributed by atoms with E-state index < -0.39 is 61.3 Å². The molecule has 4 N–H and O–H groups in total. The number of aliphatic hydroxyl groups is 3. The van der Waals surface area contributed by atoms with Gasteiger partial charge in [-0.3, -0.25) is 9.59 Å². The molecule has 0 aromatic carbocycles. The number of ether oxygens (including phenoxy) is 4. The second kappa shape index (κ2) is 39.5. The van der Waals surface area contributed by atoms with Crippen LogP contribution in [0.4, 0.5) is 0 Å². The molecule has 0 aromatic rings. The molecule has 0 saturated carbocycles. The van der Waals surface area contributed by atoms with Crippen molar-refractivity contribution in [2.24, 2.45) is 0 Å². The van der Waals surface area contributed by atoms with Crippen LogP contribution in [0.15, 0.2) is 24.3 Å². The van der Waals surface area contributed by atoms with Crippen LogP contribution in [0.5, 0.6) is 0 Å². The number of carboxylic acid groups (broad SMARTS) is 1. The van der Waals surface area contributed by atoms with Gasteiger partial charge in [-0.05, 0) is 44.9 Å². The van der Waals surface area contributed by atoms with Crippen LogP contribution in [0.25, 0.3) is 0 Å². The summed E-state index contributed by atoms with van der Waals surface area (Å²) in [5.74, 6) is -2.45. The van der Waals surface area contributed by atoms with Gasteiger partial charge in [0.2, 0.25) is 0 Å². The summed E-state index contributed by atoms with van der Waals surface area (Å²) in [5, 5.41) is 39.9. The maximum absolute atomic E-state index is 12.8. The molecule has 0 aromatic heterocycles. The lowest BCUT2D eigenvalue weighted by molar-refractivity contribution is -0.298. The molecule has 1 aliphatic rings. The summed E-state index contributed by atoms with van der Waals surface area (Å²) in [4.78, 5) is 36.9.